The summed E-state index contributed by atoms with van der Waals surface area (Å²) in [6.45, 7) is 1.68. The van der Waals surface area contributed by atoms with Crippen LogP contribution in [0.4, 0.5) is 0 Å². The molecule has 5 heteroatoms. The molecule has 2 rings (SSSR count). The smallest absolute Gasteiger partial charge is 0.252 e. The van der Waals surface area contributed by atoms with Crippen LogP contribution in [-0.2, 0) is 0 Å². The molecule has 104 valence electrons. The van der Waals surface area contributed by atoms with Crippen molar-refractivity contribution in [3.8, 4) is 11.5 Å². The summed E-state index contributed by atoms with van der Waals surface area (Å²) < 4.78 is 6.41. The summed E-state index contributed by atoms with van der Waals surface area (Å²) in [5.74, 6) is 0.409. The Morgan fingerprint density at radius 2 is 2.00 bits per heavy atom. The third-order valence-corrected chi connectivity index (χ3v) is 3.49. The molecule has 0 heterocycles. The van der Waals surface area contributed by atoms with E-state index in [1.54, 1.807) is 49.4 Å². The number of ether oxygens (including phenoxy) is 1. The van der Waals surface area contributed by atoms with Crippen LogP contribution in [0.2, 0.25) is 0 Å². The van der Waals surface area contributed by atoms with Crippen molar-refractivity contribution in [1.29, 1.82) is 0 Å². The quantitative estimate of drug-likeness (QED) is 0.899. The lowest BCUT2D eigenvalue weighted by molar-refractivity contribution is 0.0998. The van der Waals surface area contributed by atoms with E-state index < -0.39 is 12.0 Å². The molecule has 0 saturated carbocycles. The Balaban J connectivity index is 2.31. The van der Waals surface area contributed by atoms with Gasteiger partial charge in [-0.1, -0.05) is 34.1 Å². The number of hydrogen-bond acceptors (Lipinski definition) is 3. The number of aliphatic hydroxyl groups is 1. The van der Waals surface area contributed by atoms with Crippen LogP contribution in [0.15, 0.2) is 46.9 Å². The molecule has 0 bridgehead atoms. The number of benzene rings is 2. The molecule has 0 unspecified atom stereocenters. The van der Waals surface area contributed by atoms with Gasteiger partial charge in [0.25, 0.3) is 5.91 Å². The predicted molar refractivity (Wildman–Crippen MR) is 79.8 cm³/mol. The Morgan fingerprint density at radius 1 is 1.30 bits per heavy atom. The number of primary amides is 1. The Bertz CT molecular complexity index is 641. The maximum Gasteiger partial charge on any atom is 0.252 e. The van der Waals surface area contributed by atoms with E-state index in [-0.39, 0.29) is 0 Å². The first kappa shape index (κ1) is 14.6. The van der Waals surface area contributed by atoms with Crippen molar-refractivity contribution >= 4 is 21.8 Å². The van der Waals surface area contributed by atoms with Gasteiger partial charge in [-0.15, -0.1) is 0 Å². The monoisotopic (exact) mass is 335 g/mol. The second-order valence-corrected chi connectivity index (χ2v) is 5.18. The molecule has 0 saturated heterocycles. The maximum absolute atomic E-state index is 11.3. The zero-order valence-corrected chi connectivity index (χ0v) is 12.4. The van der Waals surface area contributed by atoms with Crippen LogP contribution < -0.4 is 10.5 Å². The van der Waals surface area contributed by atoms with Gasteiger partial charge in [0.15, 0.2) is 0 Å². The third-order valence-electron chi connectivity index (χ3n) is 2.80. The van der Waals surface area contributed by atoms with E-state index in [0.717, 1.165) is 10.0 Å². The number of nitrogens with two attached hydrogens (primary N) is 1. The van der Waals surface area contributed by atoms with Gasteiger partial charge in [-0.05, 0) is 36.8 Å². The first-order valence-electron chi connectivity index (χ1n) is 6.03. The van der Waals surface area contributed by atoms with Gasteiger partial charge >= 0.3 is 0 Å². The standard InChI is InChI=1S/C15H14BrNO3/c1-9(18)11-7-6-10(8-13(11)16)20-14-5-3-2-4-12(14)15(17)19/h2-9,18H,1H3,(H2,17,19)/t9-/m1/s1. The van der Waals surface area contributed by atoms with Gasteiger partial charge in [0.05, 0.1) is 11.7 Å². The fraction of sp³-hybridized carbons (Fsp3) is 0.133. The average Bonchev–Trinajstić information content (AvgIpc) is 2.38. The van der Waals surface area contributed by atoms with Crippen molar-refractivity contribution in [2.45, 2.75) is 13.0 Å². The topological polar surface area (TPSA) is 72.6 Å². The number of carbonyl (C=O) groups is 1. The molecule has 0 aliphatic rings. The van der Waals surface area contributed by atoms with E-state index in [1.807, 2.05) is 0 Å². The first-order chi connectivity index (χ1) is 9.49. The van der Waals surface area contributed by atoms with Crippen molar-refractivity contribution in [3.63, 3.8) is 0 Å². The number of para-hydroxylation sites is 1. The highest BCUT2D eigenvalue weighted by molar-refractivity contribution is 9.10. The van der Waals surface area contributed by atoms with E-state index in [2.05, 4.69) is 15.9 Å². The van der Waals surface area contributed by atoms with Crippen molar-refractivity contribution in [2.75, 3.05) is 0 Å². The molecular weight excluding hydrogens is 322 g/mol. The molecule has 1 atom stereocenters. The van der Waals surface area contributed by atoms with E-state index in [4.69, 9.17) is 10.5 Å². The molecule has 4 nitrogen and oxygen atoms in total. The van der Waals surface area contributed by atoms with Gasteiger partial charge in [0.2, 0.25) is 0 Å². The van der Waals surface area contributed by atoms with E-state index >= 15 is 0 Å². The summed E-state index contributed by atoms with van der Waals surface area (Å²) in [5, 5.41) is 9.57. The van der Waals surface area contributed by atoms with Crippen LogP contribution in [0.5, 0.6) is 11.5 Å². The van der Waals surface area contributed by atoms with E-state index in [0.29, 0.717) is 17.1 Å². The number of hydrogen-bond donors (Lipinski definition) is 2. The van der Waals surface area contributed by atoms with Gasteiger partial charge in [-0.2, -0.15) is 0 Å². The SMILES string of the molecule is C[C@@H](O)c1ccc(Oc2ccccc2C(N)=O)cc1Br. The molecule has 3 N–H and O–H groups in total. The minimum absolute atomic E-state index is 0.322. The third kappa shape index (κ3) is 3.18. The van der Waals surface area contributed by atoms with E-state index in [1.165, 1.54) is 0 Å². The Hall–Kier alpha value is -1.85. The normalized spacial score (nSPS) is 11.9. The summed E-state index contributed by atoms with van der Waals surface area (Å²) in [7, 11) is 0. The second kappa shape index (κ2) is 6.07. The lowest BCUT2D eigenvalue weighted by Gasteiger charge is -2.12. The summed E-state index contributed by atoms with van der Waals surface area (Å²) in [4.78, 5) is 11.3. The fourth-order valence-electron chi connectivity index (χ4n) is 1.80. The molecular formula is C15H14BrNO3. The summed E-state index contributed by atoms with van der Waals surface area (Å²) >= 11 is 3.38. The molecule has 0 aliphatic heterocycles. The number of rotatable bonds is 4. The summed E-state index contributed by atoms with van der Waals surface area (Å²) in [5.41, 5.74) is 6.39. The molecule has 0 fully saturated rings. The largest absolute Gasteiger partial charge is 0.456 e. The van der Waals surface area contributed by atoms with Crippen LogP contribution in [0.3, 0.4) is 0 Å². The van der Waals surface area contributed by atoms with Crippen molar-refractivity contribution in [3.05, 3.63) is 58.1 Å². The van der Waals surface area contributed by atoms with Crippen LogP contribution in [-0.4, -0.2) is 11.0 Å². The molecule has 0 aliphatic carbocycles. The van der Waals surface area contributed by atoms with Gasteiger partial charge in [0, 0.05) is 4.47 Å². The number of carbonyl (C=O) groups excluding carboxylic acids is 1. The summed E-state index contributed by atoms with van der Waals surface area (Å²) in [6, 6.07) is 12.0. The van der Waals surface area contributed by atoms with Gasteiger partial charge in [-0.25, -0.2) is 0 Å². The van der Waals surface area contributed by atoms with Crippen LogP contribution in [0, 0.1) is 0 Å². The minimum Gasteiger partial charge on any atom is -0.456 e. The molecule has 0 spiro atoms. The number of aliphatic hydroxyl groups excluding tert-OH is 1. The zero-order valence-electron chi connectivity index (χ0n) is 10.8. The zero-order chi connectivity index (χ0) is 14.7. The van der Waals surface area contributed by atoms with Crippen molar-refractivity contribution < 1.29 is 14.6 Å². The number of halogens is 1. The minimum atomic E-state index is -0.573. The molecule has 1 amide bonds. The van der Waals surface area contributed by atoms with Crippen molar-refractivity contribution in [1.82, 2.24) is 0 Å². The number of amides is 1. The molecule has 2 aromatic carbocycles. The second-order valence-electron chi connectivity index (χ2n) is 4.32. The van der Waals surface area contributed by atoms with Gasteiger partial charge in [-0.3, -0.25) is 4.79 Å². The highest BCUT2D eigenvalue weighted by atomic mass is 79.9. The molecule has 2 aromatic rings. The molecule has 0 radical (unpaired) electrons. The van der Waals surface area contributed by atoms with Crippen LogP contribution >= 0.6 is 15.9 Å². The lowest BCUT2D eigenvalue weighted by Crippen LogP contribution is -2.11. The van der Waals surface area contributed by atoms with Gasteiger partial charge < -0.3 is 15.6 Å². The highest BCUT2D eigenvalue weighted by Gasteiger charge is 2.11. The predicted octanol–water partition coefficient (Wildman–Crippen LogP) is 3.39. The average molecular weight is 336 g/mol. The van der Waals surface area contributed by atoms with Crippen LogP contribution in [0.1, 0.15) is 28.9 Å². The van der Waals surface area contributed by atoms with Crippen LogP contribution in [0.25, 0.3) is 0 Å². The molecule has 20 heavy (non-hydrogen) atoms. The Morgan fingerprint density at radius 3 is 2.60 bits per heavy atom. The fourth-order valence-corrected chi connectivity index (χ4v) is 2.49. The lowest BCUT2D eigenvalue weighted by atomic mass is 10.1. The maximum atomic E-state index is 11.3. The van der Waals surface area contributed by atoms with Gasteiger partial charge in [0.1, 0.15) is 11.5 Å². The Kier molecular flexibility index (Phi) is 4.42. The highest BCUT2D eigenvalue weighted by Crippen LogP contribution is 2.31. The molecule has 0 aromatic heterocycles. The Labute approximate surface area is 125 Å². The first-order valence-corrected chi connectivity index (χ1v) is 6.82. The summed E-state index contributed by atoms with van der Waals surface area (Å²) in [6.07, 6.45) is -0.573. The van der Waals surface area contributed by atoms with Crippen molar-refractivity contribution in [2.24, 2.45) is 5.73 Å². The van der Waals surface area contributed by atoms with E-state index in [9.17, 15) is 9.90 Å².